The van der Waals surface area contributed by atoms with Crippen LogP contribution in [0, 0.1) is 28.4 Å². The number of hydrogen-bond donors (Lipinski definition) is 0. The third-order valence-electron chi connectivity index (χ3n) is 3.48. The Morgan fingerprint density at radius 2 is 2.12 bits per heavy atom. The van der Waals surface area contributed by atoms with Gasteiger partial charge in [-0.15, -0.1) is 0 Å². The number of nitrogens with zero attached hydrogens (tertiary/aromatic N) is 5. The lowest BCUT2D eigenvalue weighted by Crippen LogP contribution is -2.32. The molecule has 0 saturated carbocycles. The lowest BCUT2D eigenvalue weighted by molar-refractivity contribution is -0.385. The van der Waals surface area contributed by atoms with E-state index in [0.717, 1.165) is 17.4 Å². The van der Waals surface area contributed by atoms with Crippen LogP contribution in [0.25, 0.3) is 0 Å². The minimum atomic E-state index is -0.531. The molecule has 1 aromatic carbocycles. The Bertz CT molecular complexity index is 761. The van der Waals surface area contributed by atoms with E-state index in [9.17, 15) is 14.9 Å². The van der Waals surface area contributed by atoms with Crippen molar-refractivity contribution < 1.29 is 9.72 Å². The first-order chi connectivity index (χ1) is 11.5. The second kappa shape index (κ2) is 7.87. The quantitative estimate of drug-likeness (QED) is 0.573. The van der Waals surface area contributed by atoms with Crippen LogP contribution in [0.15, 0.2) is 36.7 Å². The first kappa shape index (κ1) is 17.1. The molecule has 124 valence electrons. The van der Waals surface area contributed by atoms with Crippen molar-refractivity contribution in [3.05, 3.63) is 52.3 Å². The van der Waals surface area contributed by atoms with Gasteiger partial charge in [0.1, 0.15) is 12.4 Å². The number of benzene rings is 1. The fourth-order valence-corrected chi connectivity index (χ4v) is 2.20. The molecule has 1 amide bonds. The lowest BCUT2D eigenvalue weighted by atomic mass is 10.2. The summed E-state index contributed by atoms with van der Waals surface area (Å²) in [6, 6.07) is 9.51. The molecule has 2 aromatic rings. The zero-order valence-corrected chi connectivity index (χ0v) is 13.3. The van der Waals surface area contributed by atoms with Gasteiger partial charge in [0.25, 0.3) is 0 Å². The molecule has 0 bridgehead atoms. The van der Waals surface area contributed by atoms with Crippen LogP contribution in [0.1, 0.15) is 18.4 Å². The standard InChI is InChI=1S/C16H17N5O3/c1-13-3-5-14(6-4-13)20(9-2-8-17)16(22)7-10-19-12-15(11-18-19)21(23)24/h3-6,11-12H,2,7,9-10H2,1H3. The molecule has 0 atom stereocenters. The molecule has 0 fully saturated rings. The number of hydrogen-bond acceptors (Lipinski definition) is 5. The van der Waals surface area contributed by atoms with E-state index in [-0.39, 0.29) is 31.0 Å². The van der Waals surface area contributed by atoms with Gasteiger partial charge >= 0.3 is 5.69 Å². The van der Waals surface area contributed by atoms with Crippen molar-refractivity contribution in [1.29, 1.82) is 5.26 Å². The predicted molar refractivity (Wildman–Crippen MR) is 87.3 cm³/mol. The van der Waals surface area contributed by atoms with Crippen LogP contribution in [-0.2, 0) is 11.3 Å². The molecule has 1 aromatic heterocycles. The van der Waals surface area contributed by atoms with Gasteiger partial charge < -0.3 is 4.90 Å². The number of nitro groups is 1. The largest absolute Gasteiger partial charge is 0.311 e. The second-order valence-electron chi connectivity index (χ2n) is 5.26. The summed E-state index contributed by atoms with van der Waals surface area (Å²) in [4.78, 5) is 24.2. The molecule has 0 unspecified atom stereocenters. The first-order valence-electron chi connectivity index (χ1n) is 7.42. The highest BCUT2D eigenvalue weighted by atomic mass is 16.6. The fraction of sp³-hybridized carbons (Fsp3) is 0.312. The molecule has 0 aliphatic heterocycles. The fourth-order valence-electron chi connectivity index (χ4n) is 2.20. The maximum absolute atomic E-state index is 12.5. The summed E-state index contributed by atoms with van der Waals surface area (Å²) < 4.78 is 1.37. The van der Waals surface area contributed by atoms with E-state index in [2.05, 4.69) is 5.10 Å². The molecule has 0 aliphatic carbocycles. The maximum atomic E-state index is 12.5. The van der Waals surface area contributed by atoms with Crippen molar-refractivity contribution >= 4 is 17.3 Å². The van der Waals surface area contributed by atoms with Gasteiger partial charge in [-0.25, -0.2) is 0 Å². The van der Waals surface area contributed by atoms with E-state index in [4.69, 9.17) is 5.26 Å². The molecule has 8 nitrogen and oxygen atoms in total. The Morgan fingerprint density at radius 1 is 1.42 bits per heavy atom. The average Bonchev–Trinajstić information content (AvgIpc) is 3.04. The van der Waals surface area contributed by atoms with Crippen molar-refractivity contribution in [1.82, 2.24) is 9.78 Å². The Labute approximate surface area is 139 Å². The average molecular weight is 327 g/mol. The smallest absolute Gasteiger partial charge is 0.306 e. The maximum Gasteiger partial charge on any atom is 0.306 e. The van der Waals surface area contributed by atoms with Crippen LogP contribution < -0.4 is 4.90 Å². The number of anilines is 1. The Morgan fingerprint density at radius 3 is 2.71 bits per heavy atom. The SMILES string of the molecule is Cc1ccc(N(CCC#N)C(=O)CCn2cc([N+](=O)[O-])cn2)cc1. The number of nitriles is 1. The molecule has 0 spiro atoms. The van der Waals surface area contributed by atoms with Crippen LogP contribution in [0.2, 0.25) is 0 Å². The van der Waals surface area contributed by atoms with E-state index >= 15 is 0 Å². The van der Waals surface area contributed by atoms with E-state index in [1.54, 1.807) is 4.90 Å². The van der Waals surface area contributed by atoms with Gasteiger partial charge in [-0.05, 0) is 19.1 Å². The molecule has 8 heteroatoms. The second-order valence-corrected chi connectivity index (χ2v) is 5.26. The molecule has 24 heavy (non-hydrogen) atoms. The minimum absolute atomic E-state index is 0.109. The number of carbonyl (C=O) groups excluding carboxylic acids is 1. The highest BCUT2D eigenvalue weighted by Crippen LogP contribution is 2.17. The van der Waals surface area contributed by atoms with Crippen LogP contribution in [0.3, 0.4) is 0 Å². The number of rotatable bonds is 7. The van der Waals surface area contributed by atoms with Gasteiger partial charge in [-0.1, -0.05) is 17.7 Å². The molecular weight excluding hydrogens is 310 g/mol. The first-order valence-corrected chi connectivity index (χ1v) is 7.42. The summed E-state index contributed by atoms with van der Waals surface area (Å²) in [5, 5.41) is 23.3. The number of aromatic nitrogens is 2. The van der Waals surface area contributed by atoms with Crippen molar-refractivity contribution in [2.75, 3.05) is 11.4 Å². The van der Waals surface area contributed by atoms with Crippen LogP contribution in [0.5, 0.6) is 0 Å². The minimum Gasteiger partial charge on any atom is -0.311 e. The predicted octanol–water partition coefficient (Wildman–Crippen LogP) is 2.44. The van der Waals surface area contributed by atoms with Gasteiger partial charge in [0.15, 0.2) is 0 Å². The van der Waals surface area contributed by atoms with Gasteiger partial charge in [0.2, 0.25) is 5.91 Å². The van der Waals surface area contributed by atoms with E-state index in [1.807, 2.05) is 37.3 Å². The zero-order valence-electron chi connectivity index (χ0n) is 13.3. The van der Waals surface area contributed by atoms with Crippen molar-refractivity contribution in [3.8, 4) is 6.07 Å². The lowest BCUT2D eigenvalue weighted by Gasteiger charge is -2.22. The normalized spacial score (nSPS) is 10.2. The Kier molecular flexibility index (Phi) is 5.63. The molecule has 0 radical (unpaired) electrons. The van der Waals surface area contributed by atoms with Crippen LogP contribution in [-0.4, -0.2) is 27.2 Å². The summed E-state index contributed by atoms with van der Waals surface area (Å²) in [5.74, 6) is -0.160. The highest BCUT2D eigenvalue weighted by Gasteiger charge is 2.16. The van der Waals surface area contributed by atoms with Crippen LogP contribution >= 0.6 is 0 Å². The monoisotopic (exact) mass is 327 g/mol. The summed E-state index contributed by atoms with van der Waals surface area (Å²) in [6.45, 7) is 2.50. The van der Waals surface area contributed by atoms with Crippen molar-refractivity contribution in [3.63, 3.8) is 0 Å². The van der Waals surface area contributed by atoms with Crippen LogP contribution in [0.4, 0.5) is 11.4 Å². The van der Waals surface area contributed by atoms with E-state index in [0.29, 0.717) is 6.54 Å². The van der Waals surface area contributed by atoms with E-state index in [1.165, 1.54) is 10.9 Å². The molecule has 1 heterocycles. The van der Waals surface area contributed by atoms with Gasteiger partial charge in [0.05, 0.1) is 17.4 Å². The third-order valence-corrected chi connectivity index (χ3v) is 3.48. The van der Waals surface area contributed by atoms with Gasteiger partial charge in [-0.2, -0.15) is 10.4 Å². The zero-order chi connectivity index (χ0) is 17.5. The van der Waals surface area contributed by atoms with Crippen molar-refractivity contribution in [2.24, 2.45) is 0 Å². The summed E-state index contributed by atoms with van der Waals surface area (Å²) in [6.07, 6.45) is 2.81. The van der Waals surface area contributed by atoms with Gasteiger partial charge in [-0.3, -0.25) is 19.6 Å². The summed E-state index contributed by atoms with van der Waals surface area (Å²) in [5.41, 5.74) is 1.70. The Balaban J connectivity index is 2.05. The van der Waals surface area contributed by atoms with Gasteiger partial charge in [0, 0.05) is 25.2 Å². The molecular formula is C16H17N5O3. The highest BCUT2D eigenvalue weighted by molar-refractivity contribution is 5.93. The number of amides is 1. The molecule has 0 N–H and O–H groups in total. The topological polar surface area (TPSA) is 105 Å². The summed E-state index contributed by atoms with van der Waals surface area (Å²) in [7, 11) is 0. The Hall–Kier alpha value is -3.21. The third kappa shape index (κ3) is 4.39. The van der Waals surface area contributed by atoms with E-state index < -0.39 is 4.92 Å². The number of carbonyl (C=O) groups is 1. The number of aryl methyl sites for hydroxylation is 2. The molecule has 0 saturated heterocycles. The molecule has 2 rings (SSSR count). The summed E-state index contributed by atoms with van der Waals surface area (Å²) >= 11 is 0. The molecule has 0 aliphatic rings. The van der Waals surface area contributed by atoms with Crippen molar-refractivity contribution in [2.45, 2.75) is 26.3 Å².